The van der Waals surface area contributed by atoms with E-state index in [1.807, 2.05) is 69.2 Å². The molecular formula is C21H33N5O2. The topological polar surface area (TPSA) is 83.7 Å². The zero-order valence-corrected chi connectivity index (χ0v) is 17.4. The first-order valence-corrected chi connectivity index (χ1v) is 9.92. The molecule has 0 aliphatic heterocycles. The van der Waals surface area contributed by atoms with Crippen LogP contribution in [0.4, 0.5) is 0 Å². The number of ether oxygens (including phenoxy) is 1. The first-order valence-electron chi connectivity index (χ1n) is 9.92. The van der Waals surface area contributed by atoms with Gasteiger partial charge in [0.05, 0.1) is 24.9 Å². The molecule has 3 N–H and O–H groups in total. The fourth-order valence-electron chi connectivity index (χ4n) is 2.77. The number of aliphatic imine (C=N–C) groups is 1. The fraction of sp³-hybridized carbons (Fsp3) is 0.524. The van der Waals surface area contributed by atoms with Crippen LogP contribution in [0, 0.1) is 0 Å². The van der Waals surface area contributed by atoms with Gasteiger partial charge in [0.2, 0.25) is 0 Å². The van der Waals surface area contributed by atoms with E-state index in [1.165, 1.54) is 5.56 Å². The molecule has 2 aromatic rings. The molecule has 0 saturated carbocycles. The van der Waals surface area contributed by atoms with E-state index in [0.29, 0.717) is 12.5 Å². The van der Waals surface area contributed by atoms with Crippen molar-refractivity contribution in [1.29, 1.82) is 0 Å². The predicted octanol–water partition coefficient (Wildman–Crippen LogP) is 2.43. The summed E-state index contributed by atoms with van der Waals surface area (Å²) in [6.45, 7) is 7.87. The third kappa shape index (κ3) is 7.60. The molecule has 1 heterocycles. The van der Waals surface area contributed by atoms with Crippen LogP contribution in [0.15, 0.2) is 41.7 Å². The van der Waals surface area contributed by atoms with E-state index in [-0.39, 0.29) is 6.10 Å². The first kappa shape index (κ1) is 21.8. The number of aliphatic hydroxyl groups excluding tert-OH is 1. The Kier molecular flexibility index (Phi) is 8.81. The van der Waals surface area contributed by atoms with Gasteiger partial charge in [-0.05, 0) is 56.9 Å². The van der Waals surface area contributed by atoms with Gasteiger partial charge in [-0.15, -0.1) is 0 Å². The molecule has 28 heavy (non-hydrogen) atoms. The van der Waals surface area contributed by atoms with Gasteiger partial charge in [0, 0.05) is 26.3 Å². The lowest BCUT2D eigenvalue weighted by atomic mass is 10.1. The summed E-state index contributed by atoms with van der Waals surface area (Å²) in [4.78, 5) is 4.51. The predicted molar refractivity (Wildman–Crippen MR) is 113 cm³/mol. The van der Waals surface area contributed by atoms with E-state index in [1.54, 1.807) is 0 Å². The van der Waals surface area contributed by atoms with E-state index in [4.69, 9.17) is 4.74 Å². The summed E-state index contributed by atoms with van der Waals surface area (Å²) in [7, 11) is 1.92. The average Bonchev–Trinajstić information content (AvgIpc) is 3.08. The highest BCUT2D eigenvalue weighted by Crippen LogP contribution is 2.19. The smallest absolute Gasteiger partial charge is 0.191 e. The van der Waals surface area contributed by atoms with Gasteiger partial charge in [-0.3, -0.25) is 9.67 Å². The fourth-order valence-corrected chi connectivity index (χ4v) is 2.77. The lowest BCUT2D eigenvalue weighted by Crippen LogP contribution is -2.38. The summed E-state index contributed by atoms with van der Waals surface area (Å²) in [6, 6.07) is 7.52. The normalized spacial score (nSPS) is 12.9. The highest BCUT2D eigenvalue weighted by Gasteiger charge is 2.08. The molecule has 0 saturated heterocycles. The number of nitrogens with zero attached hydrogens (tertiary/aromatic N) is 3. The molecule has 1 aromatic heterocycles. The van der Waals surface area contributed by atoms with Gasteiger partial charge in [0.1, 0.15) is 5.75 Å². The number of aliphatic hydroxyl groups is 1. The molecule has 2 rings (SSSR count). The zero-order chi connectivity index (χ0) is 20.4. The second-order valence-corrected chi connectivity index (χ2v) is 7.02. The molecule has 0 fully saturated rings. The number of benzene rings is 1. The number of aromatic nitrogens is 2. The maximum atomic E-state index is 10.4. The molecule has 7 nitrogen and oxygen atoms in total. The van der Waals surface area contributed by atoms with Crippen molar-refractivity contribution < 1.29 is 9.84 Å². The summed E-state index contributed by atoms with van der Waals surface area (Å²) < 4.78 is 7.45. The molecule has 0 aliphatic carbocycles. The first-order chi connectivity index (χ1) is 13.5. The van der Waals surface area contributed by atoms with E-state index < -0.39 is 6.10 Å². The van der Waals surface area contributed by atoms with Gasteiger partial charge in [-0.25, -0.2) is 0 Å². The quantitative estimate of drug-likeness (QED) is 0.331. The van der Waals surface area contributed by atoms with Crippen molar-refractivity contribution in [3.8, 4) is 5.75 Å². The second-order valence-electron chi connectivity index (χ2n) is 7.02. The Bertz CT molecular complexity index is 725. The van der Waals surface area contributed by atoms with Crippen LogP contribution in [-0.2, 0) is 13.5 Å². The molecule has 1 unspecified atom stereocenters. The zero-order valence-electron chi connectivity index (χ0n) is 17.4. The third-order valence-corrected chi connectivity index (χ3v) is 4.10. The Morgan fingerprint density at radius 3 is 2.61 bits per heavy atom. The van der Waals surface area contributed by atoms with Gasteiger partial charge in [0.15, 0.2) is 5.96 Å². The minimum atomic E-state index is -0.654. The second kappa shape index (κ2) is 11.3. The van der Waals surface area contributed by atoms with Crippen LogP contribution in [0.5, 0.6) is 5.75 Å². The number of nitrogens with one attached hydrogen (secondary N) is 2. The summed E-state index contributed by atoms with van der Waals surface area (Å²) in [5, 5.41) is 21.1. The third-order valence-electron chi connectivity index (χ3n) is 4.10. The minimum Gasteiger partial charge on any atom is -0.491 e. The molecule has 0 radical (unpaired) electrons. The van der Waals surface area contributed by atoms with Crippen LogP contribution in [0.25, 0.3) is 0 Å². The summed E-state index contributed by atoms with van der Waals surface area (Å²) in [5.41, 5.74) is 2.05. The Hall–Kier alpha value is -2.54. The lowest BCUT2D eigenvalue weighted by Gasteiger charge is -2.14. The van der Waals surface area contributed by atoms with Crippen LogP contribution < -0.4 is 15.4 Å². The maximum Gasteiger partial charge on any atom is 0.191 e. The van der Waals surface area contributed by atoms with Crippen molar-refractivity contribution in [3.63, 3.8) is 0 Å². The van der Waals surface area contributed by atoms with Crippen molar-refractivity contribution in [2.75, 3.05) is 19.6 Å². The van der Waals surface area contributed by atoms with Crippen molar-refractivity contribution >= 4 is 5.96 Å². The van der Waals surface area contributed by atoms with Crippen molar-refractivity contribution in [3.05, 3.63) is 47.8 Å². The molecule has 154 valence electrons. The Morgan fingerprint density at radius 1 is 1.25 bits per heavy atom. The van der Waals surface area contributed by atoms with Gasteiger partial charge in [0.25, 0.3) is 0 Å². The molecule has 0 amide bonds. The van der Waals surface area contributed by atoms with Crippen molar-refractivity contribution in [2.24, 2.45) is 12.0 Å². The molecular weight excluding hydrogens is 354 g/mol. The van der Waals surface area contributed by atoms with Crippen LogP contribution in [-0.4, -0.2) is 46.6 Å². The maximum absolute atomic E-state index is 10.4. The van der Waals surface area contributed by atoms with Crippen LogP contribution in [0.1, 0.15) is 44.4 Å². The molecule has 0 aliphatic rings. The largest absolute Gasteiger partial charge is 0.491 e. The molecule has 7 heteroatoms. The van der Waals surface area contributed by atoms with Crippen LogP contribution in [0.3, 0.4) is 0 Å². The van der Waals surface area contributed by atoms with E-state index in [0.717, 1.165) is 37.2 Å². The highest BCUT2D eigenvalue weighted by molar-refractivity contribution is 5.79. The summed E-state index contributed by atoms with van der Waals surface area (Å²) in [5.74, 6) is 1.52. The standard InChI is InChI=1S/C21H33N5O2/c1-5-22-21(23-12-6-7-17-13-25-26(4)15-17)24-14-20(27)18-8-10-19(11-9-18)28-16(2)3/h8-11,13,15-16,20,27H,5-7,12,14H2,1-4H3,(H2,22,23,24). The number of guanidine groups is 1. The molecule has 0 bridgehead atoms. The van der Waals surface area contributed by atoms with E-state index in [2.05, 4.69) is 20.7 Å². The Labute approximate surface area is 167 Å². The van der Waals surface area contributed by atoms with Crippen molar-refractivity contribution in [2.45, 2.75) is 45.8 Å². The summed E-state index contributed by atoms with van der Waals surface area (Å²) >= 11 is 0. The minimum absolute atomic E-state index is 0.132. The highest BCUT2D eigenvalue weighted by atomic mass is 16.5. The van der Waals surface area contributed by atoms with Crippen LogP contribution in [0.2, 0.25) is 0 Å². The SMILES string of the molecule is CCNC(=NCC(O)c1ccc(OC(C)C)cc1)NCCCc1cnn(C)c1. The number of hydrogen-bond donors (Lipinski definition) is 3. The summed E-state index contributed by atoms with van der Waals surface area (Å²) in [6.07, 6.45) is 5.36. The Morgan fingerprint density at radius 2 is 2.00 bits per heavy atom. The molecule has 1 aromatic carbocycles. The Balaban J connectivity index is 1.81. The van der Waals surface area contributed by atoms with Gasteiger partial charge in [-0.2, -0.15) is 5.10 Å². The molecule has 0 spiro atoms. The van der Waals surface area contributed by atoms with Crippen molar-refractivity contribution in [1.82, 2.24) is 20.4 Å². The number of hydrogen-bond acceptors (Lipinski definition) is 4. The monoisotopic (exact) mass is 387 g/mol. The van der Waals surface area contributed by atoms with E-state index in [9.17, 15) is 5.11 Å². The van der Waals surface area contributed by atoms with Gasteiger partial charge < -0.3 is 20.5 Å². The number of aryl methyl sites for hydroxylation is 2. The van der Waals surface area contributed by atoms with Crippen LogP contribution >= 0.6 is 0 Å². The molecule has 1 atom stereocenters. The number of rotatable bonds is 10. The van der Waals surface area contributed by atoms with Gasteiger partial charge in [-0.1, -0.05) is 12.1 Å². The average molecular weight is 388 g/mol. The lowest BCUT2D eigenvalue weighted by molar-refractivity contribution is 0.186. The van der Waals surface area contributed by atoms with Gasteiger partial charge >= 0.3 is 0 Å². The van der Waals surface area contributed by atoms with E-state index >= 15 is 0 Å².